The summed E-state index contributed by atoms with van der Waals surface area (Å²) in [5.41, 5.74) is 0. The molecule has 0 bridgehead atoms. The highest BCUT2D eigenvalue weighted by Gasteiger charge is 2.31. The Kier molecular flexibility index (Phi) is 2.63. The van der Waals surface area contributed by atoms with Gasteiger partial charge in [-0.25, -0.2) is 0 Å². The van der Waals surface area contributed by atoms with Gasteiger partial charge < -0.3 is 10.6 Å². The second-order valence-electron chi connectivity index (χ2n) is 3.93. The van der Waals surface area contributed by atoms with E-state index < -0.39 is 0 Å². The Morgan fingerprint density at radius 2 is 2.33 bits per heavy atom. The topological polar surface area (TPSA) is 27.3 Å². The second kappa shape index (κ2) is 3.73. The van der Waals surface area contributed by atoms with Gasteiger partial charge in [-0.15, -0.1) is 0 Å². The summed E-state index contributed by atoms with van der Waals surface area (Å²) in [6.07, 6.45) is 2.87. The molecule has 0 aromatic heterocycles. The van der Waals surface area contributed by atoms with Gasteiger partial charge in [-0.3, -0.25) is 4.90 Å². The number of likely N-dealkylation sites (N-methyl/N-ethyl adjacent to an activating group) is 1. The summed E-state index contributed by atoms with van der Waals surface area (Å²) in [7, 11) is 2.03. The van der Waals surface area contributed by atoms with Gasteiger partial charge in [-0.2, -0.15) is 0 Å². The highest BCUT2D eigenvalue weighted by molar-refractivity contribution is 4.90. The van der Waals surface area contributed by atoms with Gasteiger partial charge in [0.25, 0.3) is 0 Å². The first-order chi connectivity index (χ1) is 5.90. The fourth-order valence-corrected chi connectivity index (χ4v) is 2.01. The van der Waals surface area contributed by atoms with Gasteiger partial charge in [0, 0.05) is 38.3 Å². The van der Waals surface area contributed by atoms with Gasteiger partial charge in [0.05, 0.1) is 0 Å². The molecule has 0 spiro atoms. The number of rotatable bonds is 3. The quantitative estimate of drug-likeness (QED) is 0.604. The molecule has 70 valence electrons. The van der Waals surface area contributed by atoms with E-state index in [2.05, 4.69) is 15.5 Å². The molecule has 0 radical (unpaired) electrons. The number of hydrogen-bond acceptors (Lipinski definition) is 3. The summed E-state index contributed by atoms with van der Waals surface area (Å²) in [4.78, 5) is 2.64. The van der Waals surface area contributed by atoms with Crippen molar-refractivity contribution in [3.05, 3.63) is 0 Å². The zero-order valence-electron chi connectivity index (χ0n) is 7.84. The number of nitrogens with zero attached hydrogens (tertiary/aromatic N) is 1. The minimum absolute atomic E-state index is 0.671. The molecule has 0 aromatic rings. The van der Waals surface area contributed by atoms with Crippen LogP contribution in [0.2, 0.25) is 0 Å². The third kappa shape index (κ3) is 1.97. The van der Waals surface area contributed by atoms with Crippen LogP contribution in [0.25, 0.3) is 0 Å². The van der Waals surface area contributed by atoms with Crippen molar-refractivity contribution in [2.45, 2.75) is 24.9 Å². The lowest BCUT2D eigenvalue weighted by Gasteiger charge is -2.33. The fourth-order valence-electron chi connectivity index (χ4n) is 2.01. The zero-order valence-corrected chi connectivity index (χ0v) is 7.84. The molecule has 2 N–H and O–H groups in total. The predicted octanol–water partition coefficient (Wildman–Crippen LogP) is -0.358. The molecular weight excluding hydrogens is 150 g/mol. The van der Waals surface area contributed by atoms with Gasteiger partial charge in [0.2, 0.25) is 0 Å². The summed E-state index contributed by atoms with van der Waals surface area (Å²) in [6, 6.07) is 1.61. The summed E-state index contributed by atoms with van der Waals surface area (Å²) < 4.78 is 0. The van der Waals surface area contributed by atoms with E-state index in [0.29, 0.717) is 6.04 Å². The van der Waals surface area contributed by atoms with Gasteiger partial charge in [-0.05, 0) is 19.9 Å². The van der Waals surface area contributed by atoms with Crippen LogP contribution < -0.4 is 10.6 Å². The van der Waals surface area contributed by atoms with Crippen LogP contribution in [0.1, 0.15) is 12.8 Å². The Morgan fingerprint density at radius 1 is 1.50 bits per heavy atom. The van der Waals surface area contributed by atoms with Crippen molar-refractivity contribution in [3.63, 3.8) is 0 Å². The van der Waals surface area contributed by atoms with Gasteiger partial charge in [0.1, 0.15) is 0 Å². The average molecular weight is 169 g/mol. The highest BCUT2D eigenvalue weighted by Crippen LogP contribution is 2.27. The first-order valence-electron chi connectivity index (χ1n) is 5.02. The van der Waals surface area contributed by atoms with Crippen molar-refractivity contribution in [2.24, 2.45) is 0 Å². The van der Waals surface area contributed by atoms with Crippen LogP contribution in [0, 0.1) is 0 Å². The Balaban J connectivity index is 1.77. The van der Waals surface area contributed by atoms with Crippen LogP contribution in [0.15, 0.2) is 0 Å². The van der Waals surface area contributed by atoms with E-state index in [4.69, 9.17) is 0 Å². The predicted molar refractivity (Wildman–Crippen MR) is 50.3 cm³/mol. The maximum atomic E-state index is 3.53. The Bertz CT molecular complexity index is 143. The third-order valence-electron chi connectivity index (χ3n) is 2.80. The summed E-state index contributed by atoms with van der Waals surface area (Å²) in [5, 5.41) is 6.76. The minimum Gasteiger partial charge on any atom is -0.318 e. The van der Waals surface area contributed by atoms with Crippen LogP contribution in [-0.4, -0.2) is 50.2 Å². The molecule has 2 aliphatic rings. The van der Waals surface area contributed by atoms with Gasteiger partial charge in [-0.1, -0.05) is 0 Å². The zero-order chi connectivity index (χ0) is 8.39. The maximum absolute atomic E-state index is 3.53. The molecule has 0 amide bonds. The van der Waals surface area contributed by atoms with Crippen molar-refractivity contribution < 1.29 is 0 Å². The molecule has 3 heteroatoms. The summed E-state index contributed by atoms with van der Waals surface area (Å²) in [6.45, 7) is 4.77. The first-order valence-corrected chi connectivity index (χ1v) is 5.02. The third-order valence-corrected chi connectivity index (χ3v) is 2.80. The fraction of sp³-hybridized carbons (Fsp3) is 1.00. The van der Waals surface area contributed by atoms with Crippen LogP contribution in [-0.2, 0) is 0 Å². The molecule has 1 aliphatic carbocycles. The van der Waals surface area contributed by atoms with E-state index in [-0.39, 0.29) is 0 Å². The summed E-state index contributed by atoms with van der Waals surface area (Å²) in [5.74, 6) is 0. The first kappa shape index (κ1) is 8.48. The SMILES string of the molecule is CNCC1CN(C2CC2)CCN1. The Labute approximate surface area is 74.5 Å². The lowest BCUT2D eigenvalue weighted by Crippen LogP contribution is -2.54. The maximum Gasteiger partial charge on any atom is 0.0320 e. The molecule has 1 atom stereocenters. The van der Waals surface area contributed by atoms with E-state index in [9.17, 15) is 0 Å². The van der Waals surface area contributed by atoms with Crippen LogP contribution in [0.4, 0.5) is 0 Å². The van der Waals surface area contributed by atoms with E-state index in [1.807, 2.05) is 7.05 Å². The second-order valence-corrected chi connectivity index (χ2v) is 3.93. The molecule has 12 heavy (non-hydrogen) atoms. The molecule has 1 heterocycles. The van der Waals surface area contributed by atoms with E-state index in [0.717, 1.165) is 12.6 Å². The van der Waals surface area contributed by atoms with Crippen molar-refractivity contribution in [2.75, 3.05) is 33.2 Å². The Morgan fingerprint density at radius 3 is 3.00 bits per heavy atom. The average Bonchev–Trinajstić information content (AvgIpc) is 2.88. The van der Waals surface area contributed by atoms with Crippen molar-refractivity contribution in [3.8, 4) is 0 Å². The van der Waals surface area contributed by atoms with E-state index >= 15 is 0 Å². The Hall–Kier alpha value is -0.120. The van der Waals surface area contributed by atoms with E-state index in [1.165, 1.54) is 32.5 Å². The van der Waals surface area contributed by atoms with E-state index in [1.54, 1.807) is 0 Å². The lowest BCUT2D eigenvalue weighted by atomic mass is 10.2. The van der Waals surface area contributed by atoms with Gasteiger partial charge in [0.15, 0.2) is 0 Å². The summed E-state index contributed by atoms with van der Waals surface area (Å²) >= 11 is 0. The molecule has 1 saturated carbocycles. The normalized spacial score (nSPS) is 32.2. The molecule has 2 rings (SSSR count). The van der Waals surface area contributed by atoms with Crippen molar-refractivity contribution >= 4 is 0 Å². The molecule has 3 nitrogen and oxygen atoms in total. The van der Waals surface area contributed by atoms with Crippen molar-refractivity contribution in [1.82, 2.24) is 15.5 Å². The number of nitrogens with one attached hydrogen (secondary N) is 2. The largest absolute Gasteiger partial charge is 0.318 e. The molecule has 1 unspecified atom stereocenters. The molecule has 1 aliphatic heterocycles. The minimum atomic E-state index is 0.671. The number of piperazine rings is 1. The van der Waals surface area contributed by atoms with Crippen LogP contribution in [0.3, 0.4) is 0 Å². The number of hydrogen-bond donors (Lipinski definition) is 2. The van der Waals surface area contributed by atoms with Crippen molar-refractivity contribution in [1.29, 1.82) is 0 Å². The smallest absolute Gasteiger partial charge is 0.0320 e. The van der Waals surface area contributed by atoms with Crippen LogP contribution in [0.5, 0.6) is 0 Å². The highest BCUT2D eigenvalue weighted by atomic mass is 15.2. The van der Waals surface area contributed by atoms with Gasteiger partial charge >= 0.3 is 0 Å². The molecular formula is C9H19N3. The van der Waals surface area contributed by atoms with Crippen LogP contribution >= 0.6 is 0 Å². The molecule has 1 saturated heterocycles. The monoisotopic (exact) mass is 169 g/mol. The molecule has 2 fully saturated rings. The molecule has 0 aromatic carbocycles. The standard InChI is InChI=1S/C9H19N3/c1-10-6-8-7-12(5-4-11-8)9-2-3-9/h8-11H,2-7H2,1H3. The lowest BCUT2D eigenvalue weighted by molar-refractivity contribution is 0.190.